The summed E-state index contributed by atoms with van der Waals surface area (Å²) in [5.41, 5.74) is 0. The van der Waals surface area contributed by atoms with Crippen LogP contribution in [0.25, 0.3) is 0 Å². The first-order chi connectivity index (χ1) is 8.47. The smallest absolute Gasteiger partial charge is 0.199 e. The van der Waals surface area contributed by atoms with Gasteiger partial charge in [0.15, 0.2) is 0 Å². The second kappa shape index (κ2) is 5.47. The van der Waals surface area contributed by atoms with Gasteiger partial charge in [-0.1, -0.05) is 20.3 Å². The summed E-state index contributed by atoms with van der Waals surface area (Å²) in [4.78, 5) is 0. The highest BCUT2D eigenvalue weighted by Crippen LogP contribution is 2.49. The molecule has 4 atom stereocenters. The van der Waals surface area contributed by atoms with E-state index in [-0.39, 0.29) is 6.04 Å². The van der Waals surface area contributed by atoms with Crippen LogP contribution in [0.5, 0.6) is 0 Å². The minimum absolute atomic E-state index is 0.0749. The molecule has 18 heavy (non-hydrogen) atoms. The molecule has 2 fully saturated rings. The first-order valence-electron chi connectivity index (χ1n) is 7.25. The molecule has 0 aromatic carbocycles. The van der Waals surface area contributed by atoms with Crippen molar-refractivity contribution in [3.05, 3.63) is 0 Å². The summed E-state index contributed by atoms with van der Waals surface area (Å²) in [6.45, 7) is 6.87. The summed E-state index contributed by atoms with van der Waals surface area (Å²) in [5, 5.41) is 0. The third kappa shape index (κ3) is 2.73. The van der Waals surface area contributed by atoms with Gasteiger partial charge in [0.1, 0.15) is 0 Å². The lowest BCUT2D eigenvalue weighted by molar-refractivity contribution is 0.276. The van der Waals surface area contributed by atoms with Crippen molar-refractivity contribution < 1.29 is 8.42 Å². The molecular weight excluding hydrogens is 248 g/mol. The first-order valence-corrected chi connectivity index (χ1v) is 8.69. The van der Waals surface area contributed by atoms with Crippen LogP contribution in [-0.4, -0.2) is 31.9 Å². The van der Waals surface area contributed by atoms with Crippen molar-refractivity contribution in [2.45, 2.75) is 52.5 Å². The van der Waals surface area contributed by atoms with Crippen LogP contribution in [0.4, 0.5) is 0 Å². The highest BCUT2D eigenvalue weighted by molar-refractivity contribution is 7.87. The molecule has 2 aliphatic carbocycles. The van der Waals surface area contributed by atoms with Crippen molar-refractivity contribution in [1.82, 2.24) is 9.03 Å². The van der Waals surface area contributed by atoms with Crippen molar-refractivity contribution in [1.29, 1.82) is 0 Å². The van der Waals surface area contributed by atoms with Crippen LogP contribution < -0.4 is 4.72 Å². The largest absolute Gasteiger partial charge is 0.279 e. The molecule has 2 aliphatic rings. The van der Waals surface area contributed by atoms with Gasteiger partial charge < -0.3 is 0 Å². The van der Waals surface area contributed by atoms with E-state index in [0.29, 0.717) is 19.0 Å². The predicted octanol–water partition coefficient (Wildman–Crippen LogP) is 1.99. The van der Waals surface area contributed by atoms with Crippen molar-refractivity contribution in [3.63, 3.8) is 0 Å². The summed E-state index contributed by atoms with van der Waals surface area (Å²) >= 11 is 0. The Labute approximate surface area is 111 Å². The highest BCUT2D eigenvalue weighted by atomic mass is 32.2. The maximum atomic E-state index is 12.2. The number of fused-ring (bicyclic) bond motifs is 2. The van der Waals surface area contributed by atoms with Gasteiger partial charge in [-0.15, -0.1) is 0 Å². The maximum Gasteiger partial charge on any atom is 0.279 e. The van der Waals surface area contributed by atoms with E-state index in [2.05, 4.69) is 4.72 Å². The van der Waals surface area contributed by atoms with Crippen molar-refractivity contribution in [3.8, 4) is 0 Å². The molecule has 2 rings (SSSR count). The monoisotopic (exact) mass is 274 g/mol. The van der Waals surface area contributed by atoms with Crippen molar-refractivity contribution in [2.75, 3.05) is 13.1 Å². The van der Waals surface area contributed by atoms with Crippen LogP contribution in [0.2, 0.25) is 0 Å². The molecule has 0 aliphatic heterocycles. The normalized spacial score (nSPS) is 33.2. The average molecular weight is 274 g/mol. The summed E-state index contributed by atoms with van der Waals surface area (Å²) in [5.74, 6) is 2.17. The van der Waals surface area contributed by atoms with E-state index >= 15 is 0 Å². The van der Waals surface area contributed by atoms with E-state index in [1.54, 1.807) is 0 Å². The summed E-state index contributed by atoms with van der Waals surface area (Å²) in [6.07, 6.45) is 5.19. The van der Waals surface area contributed by atoms with Gasteiger partial charge in [-0.25, -0.2) is 0 Å². The van der Waals surface area contributed by atoms with E-state index in [9.17, 15) is 8.42 Å². The fourth-order valence-electron chi connectivity index (χ4n) is 3.87. The van der Waals surface area contributed by atoms with E-state index < -0.39 is 10.2 Å². The van der Waals surface area contributed by atoms with Gasteiger partial charge in [-0.2, -0.15) is 17.4 Å². The van der Waals surface area contributed by atoms with Gasteiger partial charge >= 0.3 is 0 Å². The third-order valence-corrected chi connectivity index (χ3v) is 6.68. The Kier molecular flexibility index (Phi) is 4.34. The minimum atomic E-state index is -3.29. The number of hydrogen-bond donors (Lipinski definition) is 1. The molecule has 0 radical (unpaired) electrons. The quantitative estimate of drug-likeness (QED) is 0.805. The first kappa shape index (κ1) is 14.3. The van der Waals surface area contributed by atoms with Gasteiger partial charge in [0.05, 0.1) is 0 Å². The number of rotatable bonds is 6. The lowest BCUT2D eigenvalue weighted by Crippen LogP contribution is -2.47. The van der Waals surface area contributed by atoms with Crippen LogP contribution in [0.15, 0.2) is 0 Å². The SMILES string of the molecule is CCN(CC)S(=O)(=O)NC(C)C1CC2CCC1C2. The van der Waals surface area contributed by atoms with Gasteiger partial charge in [0.2, 0.25) is 0 Å². The zero-order valence-corrected chi connectivity index (χ0v) is 12.5. The van der Waals surface area contributed by atoms with Crippen molar-refractivity contribution >= 4 is 10.2 Å². The fourth-order valence-corrected chi connectivity index (χ4v) is 5.34. The standard InChI is InChI=1S/C13H26N2O2S/c1-4-15(5-2)18(16,17)14-10(3)13-9-11-6-7-12(13)8-11/h10-14H,4-9H2,1-3H3. The molecule has 0 spiro atoms. The van der Waals surface area contributed by atoms with E-state index in [4.69, 9.17) is 0 Å². The second-order valence-electron chi connectivity index (χ2n) is 5.83. The molecule has 0 heterocycles. The number of nitrogens with one attached hydrogen (secondary N) is 1. The Morgan fingerprint density at radius 1 is 1.22 bits per heavy atom. The van der Waals surface area contributed by atoms with Gasteiger partial charge in [-0.05, 0) is 43.9 Å². The molecule has 4 nitrogen and oxygen atoms in total. The summed E-state index contributed by atoms with van der Waals surface area (Å²) < 4.78 is 28.7. The predicted molar refractivity (Wildman–Crippen MR) is 73.4 cm³/mol. The van der Waals surface area contributed by atoms with E-state index in [1.165, 1.54) is 30.0 Å². The van der Waals surface area contributed by atoms with Crippen molar-refractivity contribution in [2.24, 2.45) is 17.8 Å². The topological polar surface area (TPSA) is 49.4 Å². The van der Waals surface area contributed by atoms with Crippen LogP contribution in [0.1, 0.15) is 46.5 Å². The van der Waals surface area contributed by atoms with Crippen LogP contribution in [0, 0.1) is 17.8 Å². The number of hydrogen-bond acceptors (Lipinski definition) is 2. The summed E-state index contributed by atoms with van der Waals surface area (Å²) in [7, 11) is -3.29. The second-order valence-corrected chi connectivity index (χ2v) is 7.54. The van der Waals surface area contributed by atoms with Gasteiger partial charge in [0, 0.05) is 19.1 Å². The molecule has 0 aromatic heterocycles. The minimum Gasteiger partial charge on any atom is -0.199 e. The van der Waals surface area contributed by atoms with Gasteiger partial charge in [-0.3, -0.25) is 0 Å². The van der Waals surface area contributed by atoms with Crippen LogP contribution >= 0.6 is 0 Å². The molecular formula is C13H26N2O2S. The molecule has 2 bridgehead atoms. The van der Waals surface area contributed by atoms with E-state index in [1.807, 2.05) is 20.8 Å². The Bertz CT molecular complexity index is 378. The Morgan fingerprint density at radius 2 is 1.89 bits per heavy atom. The molecule has 4 unspecified atom stereocenters. The fraction of sp³-hybridized carbons (Fsp3) is 1.00. The lowest BCUT2D eigenvalue weighted by atomic mass is 9.84. The molecule has 106 valence electrons. The average Bonchev–Trinajstić information content (AvgIpc) is 2.91. The van der Waals surface area contributed by atoms with Gasteiger partial charge in [0.25, 0.3) is 10.2 Å². The lowest BCUT2D eigenvalue weighted by Gasteiger charge is -2.30. The summed E-state index contributed by atoms with van der Waals surface area (Å²) in [6, 6.07) is 0.0749. The number of nitrogens with zero attached hydrogens (tertiary/aromatic N) is 1. The highest BCUT2D eigenvalue weighted by Gasteiger charge is 2.42. The van der Waals surface area contributed by atoms with Crippen LogP contribution in [0.3, 0.4) is 0 Å². The molecule has 0 aromatic rings. The Morgan fingerprint density at radius 3 is 2.33 bits per heavy atom. The molecule has 5 heteroatoms. The molecule has 0 saturated heterocycles. The maximum absolute atomic E-state index is 12.2. The molecule has 0 amide bonds. The molecule has 1 N–H and O–H groups in total. The zero-order valence-electron chi connectivity index (χ0n) is 11.7. The third-order valence-electron chi connectivity index (χ3n) is 4.82. The van der Waals surface area contributed by atoms with E-state index in [0.717, 1.165) is 11.8 Å². The Balaban J connectivity index is 1.96. The molecule has 2 saturated carbocycles. The zero-order chi connectivity index (χ0) is 13.3. The van der Waals surface area contributed by atoms with Crippen LogP contribution in [-0.2, 0) is 10.2 Å². The Hall–Kier alpha value is -0.130.